The number of rotatable bonds is 8. The molecule has 2 aromatic heterocycles. The van der Waals surface area contributed by atoms with Crippen LogP contribution in [-0.2, 0) is 11.3 Å². The summed E-state index contributed by atoms with van der Waals surface area (Å²) in [6.45, 7) is 6.42. The number of benzene rings is 1. The lowest BCUT2D eigenvalue weighted by Crippen LogP contribution is -2.28. The number of carbonyl (C=O) groups excluding carboxylic acids is 2. The number of hydrogen-bond acceptors (Lipinski definition) is 7. The van der Waals surface area contributed by atoms with E-state index in [1.165, 1.54) is 23.1 Å². The molecule has 29 heavy (non-hydrogen) atoms. The highest BCUT2D eigenvalue weighted by atomic mass is 32.2. The third-order valence-corrected chi connectivity index (χ3v) is 5.74. The van der Waals surface area contributed by atoms with Gasteiger partial charge in [0.25, 0.3) is 5.91 Å². The number of anilines is 1. The van der Waals surface area contributed by atoms with Crippen molar-refractivity contribution in [1.82, 2.24) is 25.1 Å². The van der Waals surface area contributed by atoms with Crippen LogP contribution in [0.15, 0.2) is 41.0 Å². The van der Waals surface area contributed by atoms with E-state index in [0.717, 1.165) is 5.56 Å². The molecule has 0 aliphatic heterocycles. The molecule has 2 N–H and O–H groups in total. The van der Waals surface area contributed by atoms with Crippen molar-refractivity contribution in [3.63, 3.8) is 0 Å². The van der Waals surface area contributed by atoms with E-state index in [4.69, 9.17) is 0 Å². The molecule has 2 amide bonds. The molecule has 10 heteroatoms. The van der Waals surface area contributed by atoms with Gasteiger partial charge in [-0.3, -0.25) is 9.59 Å². The first kappa shape index (κ1) is 21.0. The highest BCUT2D eigenvalue weighted by Crippen LogP contribution is 2.21. The van der Waals surface area contributed by atoms with E-state index in [-0.39, 0.29) is 23.6 Å². The molecule has 3 aromatic rings. The number of amides is 2. The minimum atomic E-state index is -0.325. The molecule has 0 saturated heterocycles. The predicted octanol–water partition coefficient (Wildman–Crippen LogP) is 3.28. The van der Waals surface area contributed by atoms with Crippen LogP contribution in [0.25, 0.3) is 0 Å². The summed E-state index contributed by atoms with van der Waals surface area (Å²) in [5.74, 6) is 0.528. The highest BCUT2D eigenvalue weighted by molar-refractivity contribution is 7.99. The first-order valence-corrected chi connectivity index (χ1v) is 11.0. The molecule has 8 nitrogen and oxygen atoms in total. The third-order valence-electron chi connectivity index (χ3n) is 4.09. The largest absolute Gasteiger partial charge is 0.342 e. The standard InChI is InChI=1S/C19H22N6O2S2/c1-4-25-16(13(3)21-17(27)14-7-5-6-12(2)10-14)23-24-19(25)29-11-15(26)22-18-20-8-9-28-18/h5-10,13H,4,11H2,1-3H3,(H,21,27)(H,20,22,26)/t13-/m0/s1. The van der Waals surface area contributed by atoms with Crippen LogP contribution in [0.1, 0.15) is 41.6 Å². The lowest BCUT2D eigenvalue weighted by Gasteiger charge is -2.15. The van der Waals surface area contributed by atoms with E-state index < -0.39 is 0 Å². The van der Waals surface area contributed by atoms with Gasteiger partial charge in [-0.1, -0.05) is 29.5 Å². The Kier molecular flexibility index (Phi) is 6.99. The number of aromatic nitrogens is 4. The van der Waals surface area contributed by atoms with Crippen molar-refractivity contribution in [3.8, 4) is 0 Å². The average molecular weight is 431 g/mol. The van der Waals surface area contributed by atoms with Crippen molar-refractivity contribution < 1.29 is 9.59 Å². The zero-order valence-electron chi connectivity index (χ0n) is 16.4. The van der Waals surface area contributed by atoms with Crippen molar-refractivity contribution in [3.05, 3.63) is 52.8 Å². The van der Waals surface area contributed by atoms with Crippen LogP contribution in [0, 0.1) is 6.92 Å². The van der Waals surface area contributed by atoms with E-state index in [0.29, 0.717) is 28.2 Å². The number of nitrogens with one attached hydrogen (secondary N) is 2. The molecular weight excluding hydrogens is 408 g/mol. The summed E-state index contributed by atoms with van der Waals surface area (Å²) in [6.07, 6.45) is 1.64. The van der Waals surface area contributed by atoms with E-state index in [2.05, 4.69) is 25.8 Å². The van der Waals surface area contributed by atoms with E-state index in [1.54, 1.807) is 17.6 Å². The van der Waals surface area contributed by atoms with Gasteiger partial charge in [-0.15, -0.1) is 21.5 Å². The Hall–Kier alpha value is -2.72. The number of nitrogens with zero attached hydrogens (tertiary/aromatic N) is 4. The Balaban J connectivity index is 1.63. The second-order valence-electron chi connectivity index (χ2n) is 6.32. The molecule has 3 rings (SSSR count). The van der Waals surface area contributed by atoms with Crippen LogP contribution in [0.4, 0.5) is 5.13 Å². The van der Waals surface area contributed by atoms with Gasteiger partial charge < -0.3 is 15.2 Å². The summed E-state index contributed by atoms with van der Waals surface area (Å²) in [4.78, 5) is 28.6. The van der Waals surface area contributed by atoms with Gasteiger partial charge in [-0.25, -0.2) is 4.98 Å². The molecule has 0 aliphatic carbocycles. The van der Waals surface area contributed by atoms with Crippen LogP contribution in [0.3, 0.4) is 0 Å². The Morgan fingerprint density at radius 2 is 2.14 bits per heavy atom. The second-order valence-corrected chi connectivity index (χ2v) is 8.16. The molecule has 0 fully saturated rings. The van der Waals surface area contributed by atoms with E-state index >= 15 is 0 Å². The number of hydrogen-bond donors (Lipinski definition) is 2. The first-order chi connectivity index (χ1) is 14.0. The van der Waals surface area contributed by atoms with E-state index in [1.807, 2.05) is 43.5 Å². The molecule has 0 unspecified atom stereocenters. The lowest BCUT2D eigenvalue weighted by atomic mass is 10.1. The minimum Gasteiger partial charge on any atom is -0.342 e. The highest BCUT2D eigenvalue weighted by Gasteiger charge is 2.20. The van der Waals surface area contributed by atoms with Gasteiger partial charge in [0, 0.05) is 23.7 Å². The summed E-state index contributed by atoms with van der Waals surface area (Å²) in [5.41, 5.74) is 1.63. The van der Waals surface area contributed by atoms with Gasteiger partial charge >= 0.3 is 0 Å². The number of aryl methyl sites for hydroxylation is 1. The van der Waals surface area contributed by atoms with Crippen molar-refractivity contribution >= 4 is 40.0 Å². The SMILES string of the molecule is CCn1c(SCC(=O)Nc2nccs2)nnc1[C@H](C)NC(=O)c1cccc(C)c1. The quantitative estimate of drug-likeness (QED) is 0.532. The Morgan fingerprint density at radius 3 is 2.83 bits per heavy atom. The molecule has 152 valence electrons. The minimum absolute atomic E-state index is 0.155. The van der Waals surface area contributed by atoms with Gasteiger partial charge in [-0.05, 0) is 32.9 Å². The number of thiazole rings is 1. The van der Waals surface area contributed by atoms with Crippen molar-refractivity contribution in [2.45, 2.75) is 38.5 Å². The maximum absolute atomic E-state index is 12.5. The fraction of sp³-hybridized carbons (Fsp3) is 0.316. The summed E-state index contributed by atoms with van der Waals surface area (Å²) in [6, 6.07) is 7.10. The molecule has 0 saturated carbocycles. The summed E-state index contributed by atoms with van der Waals surface area (Å²) in [5, 5.41) is 17.2. The third kappa shape index (κ3) is 5.42. The molecule has 0 bridgehead atoms. The van der Waals surface area contributed by atoms with Crippen LogP contribution < -0.4 is 10.6 Å². The van der Waals surface area contributed by atoms with Crippen LogP contribution in [0.2, 0.25) is 0 Å². The topological polar surface area (TPSA) is 102 Å². The van der Waals surface area contributed by atoms with Gasteiger partial charge in [0.2, 0.25) is 5.91 Å². The number of carbonyl (C=O) groups is 2. The van der Waals surface area contributed by atoms with Crippen molar-refractivity contribution in [2.24, 2.45) is 0 Å². The van der Waals surface area contributed by atoms with E-state index in [9.17, 15) is 9.59 Å². The fourth-order valence-electron chi connectivity index (χ4n) is 2.73. The zero-order chi connectivity index (χ0) is 20.8. The summed E-state index contributed by atoms with van der Waals surface area (Å²) < 4.78 is 1.91. The molecule has 1 aromatic carbocycles. The normalized spacial score (nSPS) is 11.8. The van der Waals surface area contributed by atoms with Crippen molar-refractivity contribution in [1.29, 1.82) is 0 Å². The van der Waals surface area contributed by atoms with Crippen LogP contribution >= 0.6 is 23.1 Å². The maximum atomic E-state index is 12.5. The van der Waals surface area contributed by atoms with Gasteiger partial charge in [0.15, 0.2) is 16.1 Å². The first-order valence-electron chi connectivity index (χ1n) is 9.10. The molecular formula is C19H22N6O2S2. The molecule has 1 atom stereocenters. The van der Waals surface area contributed by atoms with Gasteiger partial charge in [0.05, 0.1) is 11.8 Å². The molecule has 0 aliphatic rings. The average Bonchev–Trinajstić information content (AvgIpc) is 3.35. The Labute approximate surface area is 177 Å². The predicted molar refractivity (Wildman–Crippen MR) is 114 cm³/mol. The molecule has 2 heterocycles. The fourth-order valence-corrected chi connectivity index (χ4v) is 4.08. The van der Waals surface area contributed by atoms with Gasteiger partial charge in [-0.2, -0.15) is 0 Å². The van der Waals surface area contributed by atoms with Crippen LogP contribution in [0.5, 0.6) is 0 Å². The number of thioether (sulfide) groups is 1. The summed E-state index contributed by atoms with van der Waals surface area (Å²) in [7, 11) is 0. The Bertz CT molecular complexity index is 987. The van der Waals surface area contributed by atoms with Crippen LogP contribution in [-0.4, -0.2) is 37.3 Å². The Morgan fingerprint density at radius 1 is 1.31 bits per heavy atom. The molecule has 0 radical (unpaired) electrons. The zero-order valence-corrected chi connectivity index (χ0v) is 18.0. The monoisotopic (exact) mass is 430 g/mol. The smallest absolute Gasteiger partial charge is 0.251 e. The summed E-state index contributed by atoms with van der Waals surface area (Å²) >= 11 is 2.67. The second kappa shape index (κ2) is 9.66. The lowest BCUT2D eigenvalue weighted by molar-refractivity contribution is -0.113. The molecule has 0 spiro atoms. The van der Waals surface area contributed by atoms with Crippen molar-refractivity contribution in [2.75, 3.05) is 11.1 Å². The van der Waals surface area contributed by atoms with Gasteiger partial charge in [0.1, 0.15) is 0 Å². The maximum Gasteiger partial charge on any atom is 0.251 e.